The molecule has 0 saturated heterocycles. The molecule has 6 heteroatoms. The summed E-state index contributed by atoms with van der Waals surface area (Å²) in [5.74, 6) is 0.101. The Morgan fingerprint density at radius 1 is 1.07 bits per heavy atom. The van der Waals surface area contributed by atoms with Crippen molar-refractivity contribution >= 4 is 10.8 Å². The average molecular weight is 390 g/mol. The van der Waals surface area contributed by atoms with Gasteiger partial charge in [0.1, 0.15) is 18.6 Å². The summed E-state index contributed by atoms with van der Waals surface area (Å²) in [6, 6.07) is 14.1. The van der Waals surface area contributed by atoms with Gasteiger partial charge in [0.15, 0.2) is 6.29 Å². The summed E-state index contributed by atoms with van der Waals surface area (Å²) >= 11 is 0. The molecule has 28 heavy (non-hydrogen) atoms. The Balaban J connectivity index is 2.16. The minimum absolute atomic E-state index is 0.0333. The lowest BCUT2D eigenvalue weighted by Crippen LogP contribution is -2.34. The molecule has 2 rings (SSSR count). The zero-order valence-electron chi connectivity index (χ0n) is 16.8. The van der Waals surface area contributed by atoms with Crippen molar-refractivity contribution in [3.8, 4) is 0 Å². The first-order valence-electron chi connectivity index (χ1n) is 9.36. The van der Waals surface area contributed by atoms with E-state index in [0.717, 1.165) is 16.3 Å². The van der Waals surface area contributed by atoms with Crippen molar-refractivity contribution in [3.05, 3.63) is 60.0 Å². The molecular formula is C22H30O6. The minimum Gasteiger partial charge on any atom is -0.509 e. The Bertz CT molecular complexity index is 746. The molecule has 1 unspecified atom stereocenters. The fourth-order valence-corrected chi connectivity index (χ4v) is 2.73. The Morgan fingerprint density at radius 3 is 2.57 bits per heavy atom. The van der Waals surface area contributed by atoms with Crippen LogP contribution < -0.4 is 0 Å². The highest BCUT2D eigenvalue weighted by atomic mass is 16.7. The van der Waals surface area contributed by atoms with Gasteiger partial charge in [0, 0.05) is 5.56 Å². The number of rotatable bonds is 12. The van der Waals surface area contributed by atoms with E-state index in [9.17, 15) is 0 Å². The Labute approximate surface area is 166 Å². The highest BCUT2D eigenvalue weighted by Gasteiger charge is 2.27. The number of hydrogen-bond donors (Lipinski definition) is 2. The zero-order chi connectivity index (χ0) is 20.4. The summed E-state index contributed by atoms with van der Waals surface area (Å²) in [6.45, 7) is 6.48. The number of fused-ring (bicyclic) bond motifs is 1. The van der Waals surface area contributed by atoms with E-state index in [-0.39, 0.29) is 32.2 Å². The molecule has 2 N–H and O–H groups in total. The lowest BCUT2D eigenvalue weighted by atomic mass is 10.0. The van der Waals surface area contributed by atoms with E-state index < -0.39 is 11.9 Å². The molecule has 0 heterocycles. The van der Waals surface area contributed by atoms with Crippen LogP contribution >= 0.6 is 0 Å². The fraction of sp³-hybridized carbons (Fsp3) is 0.455. The fourth-order valence-electron chi connectivity index (χ4n) is 2.73. The summed E-state index contributed by atoms with van der Waals surface area (Å²) in [5, 5.41) is 20.2. The Morgan fingerprint density at radius 2 is 1.82 bits per heavy atom. The van der Waals surface area contributed by atoms with E-state index in [2.05, 4.69) is 0 Å². The summed E-state index contributed by atoms with van der Waals surface area (Å²) in [6.07, 6.45) is 0.658. The van der Waals surface area contributed by atoms with Gasteiger partial charge in [-0.05, 0) is 31.5 Å². The monoisotopic (exact) mass is 390 g/mol. The summed E-state index contributed by atoms with van der Waals surface area (Å²) < 4.78 is 22.9. The van der Waals surface area contributed by atoms with Crippen LogP contribution in [0.25, 0.3) is 10.8 Å². The van der Waals surface area contributed by atoms with Crippen LogP contribution in [0.3, 0.4) is 0 Å². The van der Waals surface area contributed by atoms with Crippen LogP contribution in [0.2, 0.25) is 0 Å². The molecule has 2 aromatic carbocycles. The molecule has 0 saturated carbocycles. The van der Waals surface area contributed by atoms with Crippen LogP contribution in [0.4, 0.5) is 0 Å². The second-order valence-electron chi connectivity index (χ2n) is 7.05. The lowest BCUT2D eigenvalue weighted by Gasteiger charge is -2.31. The second-order valence-corrected chi connectivity index (χ2v) is 7.05. The quantitative estimate of drug-likeness (QED) is 0.323. The van der Waals surface area contributed by atoms with Gasteiger partial charge < -0.3 is 29.2 Å². The first-order chi connectivity index (χ1) is 13.4. The third-order valence-corrected chi connectivity index (χ3v) is 3.91. The van der Waals surface area contributed by atoms with Gasteiger partial charge in [-0.3, -0.25) is 0 Å². The van der Waals surface area contributed by atoms with E-state index in [1.54, 1.807) is 0 Å². The van der Waals surface area contributed by atoms with Crippen LogP contribution in [0.15, 0.2) is 54.5 Å². The molecule has 0 bridgehead atoms. The smallest absolute Gasteiger partial charge is 0.185 e. The number of hydrogen-bond acceptors (Lipinski definition) is 6. The number of aliphatic hydroxyl groups is 2. The van der Waals surface area contributed by atoms with Gasteiger partial charge in [0.2, 0.25) is 0 Å². The van der Waals surface area contributed by atoms with Crippen molar-refractivity contribution < 1.29 is 29.2 Å². The van der Waals surface area contributed by atoms with Crippen molar-refractivity contribution in [1.29, 1.82) is 0 Å². The molecule has 154 valence electrons. The summed E-state index contributed by atoms with van der Waals surface area (Å²) in [5.41, 5.74) is 0.293. The molecule has 0 amide bonds. The molecule has 2 aromatic rings. The molecule has 0 aromatic heterocycles. The number of aliphatic hydroxyl groups excluding tert-OH is 2. The molecule has 0 radical (unpaired) electrons. The van der Waals surface area contributed by atoms with Crippen LogP contribution in [0, 0.1) is 0 Å². The van der Waals surface area contributed by atoms with Crippen LogP contribution in [-0.4, -0.2) is 48.8 Å². The first-order valence-corrected chi connectivity index (χ1v) is 9.36. The minimum atomic E-state index is -0.626. The summed E-state index contributed by atoms with van der Waals surface area (Å²) in [4.78, 5) is 0. The number of benzene rings is 2. The van der Waals surface area contributed by atoms with E-state index in [1.165, 1.54) is 13.2 Å². The molecule has 0 aliphatic carbocycles. The summed E-state index contributed by atoms with van der Waals surface area (Å²) in [7, 11) is 0. The van der Waals surface area contributed by atoms with Gasteiger partial charge in [-0.2, -0.15) is 0 Å². The van der Waals surface area contributed by atoms with E-state index >= 15 is 0 Å². The van der Waals surface area contributed by atoms with Crippen molar-refractivity contribution in [2.24, 2.45) is 0 Å². The van der Waals surface area contributed by atoms with Gasteiger partial charge >= 0.3 is 0 Å². The van der Waals surface area contributed by atoms with E-state index in [1.807, 2.05) is 56.3 Å². The lowest BCUT2D eigenvalue weighted by molar-refractivity contribution is -0.221. The number of allylic oxidation sites excluding steroid dienone is 1. The topological polar surface area (TPSA) is 77.4 Å². The van der Waals surface area contributed by atoms with Gasteiger partial charge in [-0.25, -0.2) is 0 Å². The van der Waals surface area contributed by atoms with Crippen LogP contribution in [0.5, 0.6) is 0 Å². The Kier molecular flexibility index (Phi) is 8.73. The predicted molar refractivity (Wildman–Crippen MR) is 108 cm³/mol. The van der Waals surface area contributed by atoms with Crippen molar-refractivity contribution in [3.63, 3.8) is 0 Å². The number of ether oxygens (including phenoxy) is 4. The molecule has 0 aliphatic rings. The van der Waals surface area contributed by atoms with Gasteiger partial charge in [0.25, 0.3) is 0 Å². The first kappa shape index (κ1) is 22.2. The maximum absolute atomic E-state index is 9.15. The maximum atomic E-state index is 9.15. The average Bonchev–Trinajstić information content (AvgIpc) is 2.66. The Hall–Kier alpha value is -2.12. The molecular weight excluding hydrogens is 360 g/mol. The van der Waals surface area contributed by atoms with Crippen molar-refractivity contribution in [2.75, 3.05) is 33.0 Å². The third kappa shape index (κ3) is 7.13. The van der Waals surface area contributed by atoms with E-state index in [4.69, 9.17) is 29.2 Å². The maximum Gasteiger partial charge on any atom is 0.185 e. The van der Waals surface area contributed by atoms with Gasteiger partial charge in [-0.15, -0.1) is 0 Å². The normalized spacial score (nSPS) is 13.6. The highest BCUT2D eigenvalue weighted by Crippen LogP contribution is 2.31. The molecule has 1 atom stereocenters. The second kappa shape index (κ2) is 11.0. The molecule has 0 fully saturated rings. The molecule has 0 spiro atoms. The largest absolute Gasteiger partial charge is 0.509 e. The molecule has 0 aliphatic heterocycles. The van der Waals surface area contributed by atoms with Gasteiger partial charge in [-0.1, -0.05) is 42.5 Å². The van der Waals surface area contributed by atoms with E-state index in [0.29, 0.717) is 6.61 Å². The van der Waals surface area contributed by atoms with Crippen LogP contribution in [0.1, 0.15) is 32.6 Å². The van der Waals surface area contributed by atoms with Crippen molar-refractivity contribution in [2.45, 2.75) is 32.7 Å². The molecule has 6 nitrogen and oxygen atoms in total. The zero-order valence-corrected chi connectivity index (χ0v) is 16.8. The predicted octanol–water partition coefficient (Wildman–Crippen LogP) is 4.10. The third-order valence-electron chi connectivity index (χ3n) is 3.91. The van der Waals surface area contributed by atoms with Crippen molar-refractivity contribution in [1.82, 2.24) is 0 Å². The van der Waals surface area contributed by atoms with Gasteiger partial charge in [0.05, 0.1) is 32.0 Å². The highest BCUT2D eigenvalue weighted by molar-refractivity contribution is 5.85. The SMILES string of the molecule is C/C(O)=C\OCCOC(OC(C)(C)COCCO)c1cccc2ccccc12. The van der Waals surface area contributed by atoms with Crippen LogP contribution in [-0.2, 0) is 18.9 Å². The standard InChI is InChI=1S/C22H30O6/c1-17(24)15-25-13-14-27-21(28-22(2,3)16-26-12-11-23)20-10-6-8-18-7-4-5-9-19(18)20/h4-10,15,21,23-24H,11-14,16H2,1-3H3/b17-15+.